The number of benzene rings is 1. The third-order valence-electron chi connectivity index (χ3n) is 3.68. The fourth-order valence-corrected chi connectivity index (χ4v) is 2.65. The van der Waals surface area contributed by atoms with E-state index in [1.165, 1.54) is 19.2 Å². The van der Waals surface area contributed by atoms with E-state index in [9.17, 15) is 14.4 Å². The van der Waals surface area contributed by atoms with Gasteiger partial charge in [-0.05, 0) is 26.0 Å². The second-order valence-electron chi connectivity index (χ2n) is 5.31. The van der Waals surface area contributed by atoms with Gasteiger partial charge in [-0.2, -0.15) is 0 Å². The number of nitrogens with zero attached hydrogens (tertiary/aromatic N) is 1. The van der Waals surface area contributed by atoms with Crippen LogP contribution in [0.5, 0.6) is 0 Å². The van der Waals surface area contributed by atoms with Crippen LogP contribution >= 0.6 is 0 Å². The number of aryl methyl sites for hydroxylation is 1. The summed E-state index contributed by atoms with van der Waals surface area (Å²) in [6, 6.07) is 9.09. The zero-order valence-corrected chi connectivity index (χ0v) is 12.7. The summed E-state index contributed by atoms with van der Waals surface area (Å²) in [6.45, 7) is 3.01. The van der Waals surface area contributed by atoms with Crippen molar-refractivity contribution in [1.82, 2.24) is 4.98 Å². The smallest absolute Gasteiger partial charge is 0.211 e. The fourth-order valence-electron chi connectivity index (χ4n) is 2.65. The van der Waals surface area contributed by atoms with E-state index < -0.39 is 0 Å². The molecule has 1 aromatic heterocycles. The van der Waals surface area contributed by atoms with E-state index in [0.29, 0.717) is 11.4 Å². The molecule has 1 aliphatic rings. The van der Waals surface area contributed by atoms with Gasteiger partial charge in [-0.15, -0.1) is 0 Å². The van der Waals surface area contributed by atoms with Crippen molar-refractivity contribution < 1.29 is 14.4 Å². The number of nitrogens with one attached hydrogen (secondary N) is 1. The lowest BCUT2D eigenvalue weighted by Crippen LogP contribution is -2.25. The molecule has 0 atom stereocenters. The number of ketones is 3. The molecule has 0 fully saturated rings. The highest BCUT2D eigenvalue weighted by Gasteiger charge is 2.30. The maximum atomic E-state index is 12.6. The van der Waals surface area contributed by atoms with Crippen molar-refractivity contribution in [2.24, 2.45) is 0 Å². The van der Waals surface area contributed by atoms with Crippen molar-refractivity contribution >= 4 is 23.0 Å². The van der Waals surface area contributed by atoms with E-state index in [0.717, 1.165) is 0 Å². The van der Waals surface area contributed by atoms with E-state index in [1.807, 2.05) is 18.2 Å². The van der Waals surface area contributed by atoms with Crippen molar-refractivity contribution in [2.45, 2.75) is 13.8 Å². The lowest BCUT2D eigenvalue weighted by atomic mass is 9.88. The van der Waals surface area contributed by atoms with Crippen LogP contribution in [-0.4, -0.2) is 22.3 Å². The van der Waals surface area contributed by atoms with Crippen LogP contribution in [0.1, 0.15) is 43.7 Å². The van der Waals surface area contributed by atoms with E-state index in [2.05, 4.69) is 10.3 Å². The summed E-state index contributed by atoms with van der Waals surface area (Å²) in [6.07, 6.45) is 2.60. The standard InChI is InChI=1S/C18H14N2O3/c1-10-16(11(2)21)17-13(9-19-10)18(23)14(8-15(17)22)20-12-6-4-3-5-7-12/h3-9,20H,1-2H3. The Morgan fingerprint density at radius 1 is 1.13 bits per heavy atom. The molecule has 1 heterocycles. The first-order valence-electron chi connectivity index (χ1n) is 7.12. The SMILES string of the molecule is CC(=O)c1c(C)ncc2c1C(=O)C=C(Nc1ccccc1)C2=O. The van der Waals surface area contributed by atoms with Crippen molar-refractivity contribution in [3.63, 3.8) is 0 Å². The fraction of sp³-hybridized carbons (Fsp3) is 0.111. The van der Waals surface area contributed by atoms with Gasteiger partial charge in [0.25, 0.3) is 0 Å². The minimum Gasteiger partial charge on any atom is -0.352 e. The lowest BCUT2D eigenvalue weighted by molar-refractivity contribution is 0.0972. The molecule has 0 bridgehead atoms. The highest BCUT2D eigenvalue weighted by molar-refractivity contribution is 6.28. The highest BCUT2D eigenvalue weighted by atomic mass is 16.1. The average Bonchev–Trinajstić information content (AvgIpc) is 2.52. The summed E-state index contributed by atoms with van der Waals surface area (Å²) in [5.74, 6) is -0.993. The number of rotatable bonds is 3. The van der Waals surface area contributed by atoms with E-state index in [4.69, 9.17) is 0 Å². The normalized spacial score (nSPS) is 13.4. The number of para-hydroxylation sites is 1. The monoisotopic (exact) mass is 306 g/mol. The molecule has 1 N–H and O–H groups in total. The Kier molecular flexibility index (Phi) is 3.62. The second kappa shape index (κ2) is 5.61. The van der Waals surface area contributed by atoms with Gasteiger partial charge >= 0.3 is 0 Å². The van der Waals surface area contributed by atoms with Gasteiger partial charge in [0.15, 0.2) is 11.6 Å². The number of fused-ring (bicyclic) bond motifs is 1. The number of carbonyl (C=O) groups excluding carboxylic acids is 3. The second-order valence-corrected chi connectivity index (χ2v) is 5.31. The predicted octanol–water partition coefficient (Wildman–Crippen LogP) is 2.97. The number of pyridine rings is 1. The van der Waals surface area contributed by atoms with Gasteiger partial charge in [0, 0.05) is 29.2 Å². The Morgan fingerprint density at radius 3 is 2.48 bits per heavy atom. The summed E-state index contributed by atoms with van der Waals surface area (Å²) in [7, 11) is 0. The molecule has 3 rings (SSSR count). The Morgan fingerprint density at radius 2 is 1.83 bits per heavy atom. The molecule has 0 saturated carbocycles. The highest BCUT2D eigenvalue weighted by Crippen LogP contribution is 2.26. The van der Waals surface area contributed by atoms with Crippen LogP contribution in [0.3, 0.4) is 0 Å². The Balaban J connectivity index is 2.08. The number of allylic oxidation sites excluding steroid dienone is 2. The lowest BCUT2D eigenvalue weighted by Gasteiger charge is -2.19. The third-order valence-corrected chi connectivity index (χ3v) is 3.68. The molecule has 0 amide bonds. The number of anilines is 1. The van der Waals surface area contributed by atoms with Crippen LogP contribution in [0.25, 0.3) is 0 Å². The van der Waals surface area contributed by atoms with Gasteiger partial charge in [0.05, 0.1) is 16.8 Å². The van der Waals surface area contributed by atoms with Crippen molar-refractivity contribution in [2.75, 3.05) is 5.32 Å². The largest absolute Gasteiger partial charge is 0.352 e. The molecule has 5 nitrogen and oxygen atoms in total. The first-order chi connectivity index (χ1) is 11.0. The molecule has 0 spiro atoms. The summed E-state index contributed by atoms with van der Waals surface area (Å²) in [5.41, 5.74) is 1.85. The summed E-state index contributed by atoms with van der Waals surface area (Å²) >= 11 is 0. The Hall–Kier alpha value is -3.08. The van der Waals surface area contributed by atoms with Gasteiger partial charge in [0.1, 0.15) is 0 Å². The Bertz CT molecular complexity index is 867. The van der Waals surface area contributed by atoms with Gasteiger partial charge in [-0.3, -0.25) is 19.4 Å². The third kappa shape index (κ3) is 2.57. The molecule has 114 valence electrons. The van der Waals surface area contributed by atoms with Crippen LogP contribution in [0, 0.1) is 6.92 Å². The predicted molar refractivity (Wildman–Crippen MR) is 85.8 cm³/mol. The molecule has 0 aliphatic heterocycles. The molecule has 2 aromatic rings. The molecule has 1 aliphatic carbocycles. The summed E-state index contributed by atoms with van der Waals surface area (Å²) < 4.78 is 0. The van der Waals surface area contributed by atoms with Crippen LogP contribution in [0.15, 0.2) is 48.3 Å². The first-order valence-corrected chi connectivity index (χ1v) is 7.12. The van der Waals surface area contributed by atoms with Crippen LogP contribution in [0.2, 0.25) is 0 Å². The van der Waals surface area contributed by atoms with Crippen LogP contribution < -0.4 is 5.32 Å². The van der Waals surface area contributed by atoms with Crippen LogP contribution in [-0.2, 0) is 0 Å². The van der Waals surface area contributed by atoms with E-state index in [1.54, 1.807) is 19.1 Å². The van der Waals surface area contributed by atoms with Gasteiger partial charge < -0.3 is 5.32 Å². The molecular formula is C18H14N2O3. The first kappa shape index (κ1) is 14.8. The minimum atomic E-state index is -0.367. The number of carbonyl (C=O) groups is 3. The zero-order chi connectivity index (χ0) is 16.6. The summed E-state index contributed by atoms with van der Waals surface area (Å²) in [4.78, 5) is 41.0. The molecule has 23 heavy (non-hydrogen) atoms. The van der Waals surface area contributed by atoms with Crippen molar-refractivity contribution in [3.05, 3.63) is 70.7 Å². The minimum absolute atomic E-state index is 0.147. The van der Waals surface area contributed by atoms with Crippen molar-refractivity contribution in [3.8, 4) is 0 Å². The number of hydrogen-bond acceptors (Lipinski definition) is 5. The van der Waals surface area contributed by atoms with Gasteiger partial charge in [0.2, 0.25) is 5.78 Å². The van der Waals surface area contributed by atoms with Gasteiger partial charge in [-0.1, -0.05) is 18.2 Å². The maximum absolute atomic E-state index is 12.6. The zero-order valence-electron chi connectivity index (χ0n) is 12.7. The molecular weight excluding hydrogens is 292 g/mol. The van der Waals surface area contributed by atoms with Crippen LogP contribution in [0.4, 0.5) is 5.69 Å². The molecule has 0 radical (unpaired) electrons. The molecule has 0 unspecified atom stereocenters. The average molecular weight is 306 g/mol. The maximum Gasteiger partial charge on any atom is 0.211 e. The number of hydrogen-bond donors (Lipinski definition) is 1. The van der Waals surface area contributed by atoms with Crippen molar-refractivity contribution in [1.29, 1.82) is 0 Å². The van der Waals surface area contributed by atoms with E-state index >= 15 is 0 Å². The Labute approximate surface area is 133 Å². The quantitative estimate of drug-likeness (QED) is 0.882. The molecule has 0 saturated heterocycles. The topological polar surface area (TPSA) is 76.1 Å². The molecule has 5 heteroatoms. The summed E-state index contributed by atoms with van der Waals surface area (Å²) in [5, 5.41) is 2.94. The number of Topliss-reactive ketones (excluding diaryl/α,β-unsaturated/α-hetero) is 2. The number of aromatic nitrogens is 1. The van der Waals surface area contributed by atoms with Gasteiger partial charge in [-0.25, -0.2) is 0 Å². The van der Waals surface area contributed by atoms with E-state index in [-0.39, 0.29) is 39.7 Å². The molecule has 1 aromatic carbocycles.